The molecule has 1 aromatic rings. The Morgan fingerprint density at radius 2 is 2.30 bits per heavy atom. The summed E-state index contributed by atoms with van der Waals surface area (Å²) in [4.78, 5) is 13.9. The van der Waals surface area contributed by atoms with Crippen molar-refractivity contribution < 1.29 is 9.90 Å². The van der Waals surface area contributed by atoms with Crippen molar-refractivity contribution in [2.75, 3.05) is 19.7 Å². The van der Waals surface area contributed by atoms with E-state index in [2.05, 4.69) is 5.32 Å². The number of nitrogens with zero attached hydrogens (tertiary/aromatic N) is 1. The molecule has 2 unspecified atom stereocenters. The van der Waals surface area contributed by atoms with Crippen LogP contribution in [0.2, 0.25) is 10.0 Å². The number of carbonyl (C=O) groups excluding carboxylic acids is 1. The van der Waals surface area contributed by atoms with E-state index in [9.17, 15) is 4.79 Å². The summed E-state index contributed by atoms with van der Waals surface area (Å²) in [6, 6.07) is 5.02. The second-order valence-corrected chi connectivity index (χ2v) is 5.88. The Bertz CT molecular complexity index is 496. The number of amides is 2. The van der Waals surface area contributed by atoms with Crippen LogP contribution in [-0.2, 0) is 0 Å². The van der Waals surface area contributed by atoms with Gasteiger partial charge in [0, 0.05) is 25.6 Å². The molecule has 6 heteroatoms. The zero-order chi connectivity index (χ0) is 14.7. The van der Waals surface area contributed by atoms with Gasteiger partial charge in [0.1, 0.15) is 0 Å². The average molecular weight is 317 g/mol. The molecule has 4 nitrogen and oxygen atoms in total. The summed E-state index contributed by atoms with van der Waals surface area (Å²) in [5, 5.41) is 13.0. The minimum Gasteiger partial charge on any atom is -0.396 e. The van der Waals surface area contributed by atoms with E-state index in [1.165, 1.54) is 0 Å². The van der Waals surface area contributed by atoms with E-state index in [1.54, 1.807) is 11.0 Å². The van der Waals surface area contributed by atoms with Crippen molar-refractivity contribution in [2.45, 2.75) is 19.4 Å². The van der Waals surface area contributed by atoms with Crippen molar-refractivity contribution in [3.05, 3.63) is 33.8 Å². The number of halogens is 2. The molecule has 0 radical (unpaired) electrons. The SMILES string of the molecule is CC(NC(=O)N1CCC(CO)C1)c1cccc(Cl)c1Cl. The Labute approximate surface area is 128 Å². The molecule has 0 spiro atoms. The van der Waals surface area contributed by atoms with Crippen molar-refractivity contribution in [1.29, 1.82) is 0 Å². The van der Waals surface area contributed by atoms with Gasteiger partial charge in [0.15, 0.2) is 0 Å². The van der Waals surface area contributed by atoms with Crippen LogP contribution in [0.15, 0.2) is 18.2 Å². The minimum absolute atomic E-state index is 0.124. The van der Waals surface area contributed by atoms with Gasteiger partial charge >= 0.3 is 6.03 Å². The van der Waals surface area contributed by atoms with E-state index in [0.717, 1.165) is 12.0 Å². The first-order chi connectivity index (χ1) is 9.52. The molecule has 0 bridgehead atoms. The molecule has 0 aromatic heterocycles. The van der Waals surface area contributed by atoms with Gasteiger partial charge in [-0.1, -0.05) is 35.3 Å². The molecule has 1 aliphatic heterocycles. The lowest BCUT2D eigenvalue weighted by Crippen LogP contribution is -2.39. The molecule has 2 N–H and O–H groups in total. The van der Waals surface area contributed by atoms with Gasteiger partial charge in [0.05, 0.1) is 16.1 Å². The lowest BCUT2D eigenvalue weighted by molar-refractivity contribution is 0.195. The number of nitrogens with one attached hydrogen (secondary N) is 1. The normalized spacial score (nSPS) is 20.0. The van der Waals surface area contributed by atoms with Gasteiger partial charge in [-0.3, -0.25) is 0 Å². The fourth-order valence-electron chi connectivity index (χ4n) is 2.38. The van der Waals surface area contributed by atoms with Crippen LogP contribution in [0.25, 0.3) is 0 Å². The highest BCUT2D eigenvalue weighted by Gasteiger charge is 2.26. The monoisotopic (exact) mass is 316 g/mol. The third kappa shape index (κ3) is 3.37. The molecular formula is C14H18Cl2N2O2. The van der Waals surface area contributed by atoms with Crippen LogP contribution in [0.1, 0.15) is 24.9 Å². The summed E-state index contributed by atoms with van der Waals surface area (Å²) >= 11 is 12.1. The molecule has 1 aromatic carbocycles. The first-order valence-corrected chi connectivity index (χ1v) is 7.38. The molecule has 1 aliphatic rings. The summed E-state index contributed by atoms with van der Waals surface area (Å²) in [6.07, 6.45) is 0.843. The summed E-state index contributed by atoms with van der Waals surface area (Å²) < 4.78 is 0. The molecular weight excluding hydrogens is 299 g/mol. The minimum atomic E-state index is -0.220. The van der Waals surface area contributed by atoms with Crippen molar-refractivity contribution in [3.8, 4) is 0 Å². The van der Waals surface area contributed by atoms with E-state index in [4.69, 9.17) is 28.3 Å². The predicted molar refractivity (Wildman–Crippen MR) is 80.2 cm³/mol. The number of aliphatic hydroxyl groups excluding tert-OH is 1. The van der Waals surface area contributed by atoms with Crippen LogP contribution in [0.5, 0.6) is 0 Å². The number of likely N-dealkylation sites (tertiary alicyclic amines) is 1. The third-order valence-electron chi connectivity index (χ3n) is 3.62. The van der Waals surface area contributed by atoms with Crippen molar-refractivity contribution >= 4 is 29.2 Å². The number of urea groups is 1. The van der Waals surface area contributed by atoms with Crippen LogP contribution < -0.4 is 5.32 Å². The molecule has 1 saturated heterocycles. The number of aliphatic hydroxyl groups is 1. The first-order valence-electron chi connectivity index (χ1n) is 6.63. The summed E-state index contributed by atoms with van der Waals surface area (Å²) in [5.41, 5.74) is 0.797. The molecule has 1 heterocycles. The Morgan fingerprint density at radius 1 is 1.55 bits per heavy atom. The summed E-state index contributed by atoms with van der Waals surface area (Å²) in [5.74, 6) is 0.186. The Balaban J connectivity index is 1.99. The second-order valence-electron chi connectivity index (χ2n) is 5.10. The van der Waals surface area contributed by atoms with E-state index in [1.807, 2.05) is 19.1 Å². The van der Waals surface area contributed by atoms with Gasteiger partial charge in [-0.15, -0.1) is 0 Å². The lowest BCUT2D eigenvalue weighted by atomic mass is 10.1. The molecule has 2 amide bonds. The van der Waals surface area contributed by atoms with E-state index >= 15 is 0 Å². The zero-order valence-electron chi connectivity index (χ0n) is 11.3. The maximum atomic E-state index is 12.1. The van der Waals surface area contributed by atoms with Gasteiger partial charge in [0.25, 0.3) is 0 Å². The quantitative estimate of drug-likeness (QED) is 0.900. The maximum Gasteiger partial charge on any atom is 0.317 e. The molecule has 110 valence electrons. The first kappa shape index (κ1) is 15.4. The second kappa shape index (κ2) is 6.66. The van der Waals surface area contributed by atoms with E-state index in [-0.39, 0.29) is 24.6 Å². The van der Waals surface area contributed by atoms with Gasteiger partial charge in [-0.25, -0.2) is 4.79 Å². The van der Waals surface area contributed by atoms with Crippen LogP contribution in [0, 0.1) is 5.92 Å². The van der Waals surface area contributed by atoms with Gasteiger partial charge < -0.3 is 15.3 Å². The highest BCUT2D eigenvalue weighted by Crippen LogP contribution is 2.30. The largest absolute Gasteiger partial charge is 0.396 e. The Morgan fingerprint density at radius 3 is 2.95 bits per heavy atom. The van der Waals surface area contributed by atoms with Crippen molar-refractivity contribution in [3.63, 3.8) is 0 Å². The highest BCUT2D eigenvalue weighted by molar-refractivity contribution is 6.42. The standard InChI is InChI=1S/C14H18Cl2N2O2/c1-9(11-3-2-4-12(15)13(11)16)17-14(20)18-6-5-10(7-18)8-19/h2-4,9-10,19H,5-8H2,1H3,(H,17,20). The van der Waals surface area contributed by atoms with Gasteiger partial charge in [-0.2, -0.15) is 0 Å². The Kier molecular flexibility index (Phi) is 5.13. The van der Waals surface area contributed by atoms with Crippen LogP contribution in [0.3, 0.4) is 0 Å². The zero-order valence-corrected chi connectivity index (χ0v) is 12.8. The molecule has 1 fully saturated rings. The van der Waals surface area contributed by atoms with E-state index in [0.29, 0.717) is 23.1 Å². The summed E-state index contributed by atoms with van der Waals surface area (Å²) in [6.45, 7) is 3.26. The number of hydrogen-bond donors (Lipinski definition) is 2. The number of benzene rings is 1. The predicted octanol–water partition coefficient (Wildman–Crippen LogP) is 3.08. The molecule has 0 saturated carbocycles. The summed E-state index contributed by atoms with van der Waals surface area (Å²) in [7, 11) is 0. The molecule has 2 rings (SSSR count). The topological polar surface area (TPSA) is 52.6 Å². The van der Waals surface area contributed by atoms with Gasteiger partial charge in [0.2, 0.25) is 0 Å². The van der Waals surface area contributed by atoms with Crippen molar-refractivity contribution in [1.82, 2.24) is 10.2 Å². The van der Waals surface area contributed by atoms with Crippen LogP contribution >= 0.6 is 23.2 Å². The van der Waals surface area contributed by atoms with Crippen molar-refractivity contribution in [2.24, 2.45) is 5.92 Å². The average Bonchev–Trinajstić information content (AvgIpc) is 2.90. The van der Waals surface area contributed by atoms with E-state index < -0.39 is 0 Å². The molecule has 2 atom stereocenters. The molecule has 20 heavy (non-hydrogen) atoms. The third-order valence-corrected chi connectivity index (χ3v) is 4.45. The fraction of sp³-hybridized carbons (Fsp3) is 0.500. The smallest absolute Gasteiger partial charge is 0.317 e. The maximum absolute atomic E-state index is 12.1. The van der Waals surface area contributed by atoms with Crippen LogP contribution in [0.4, 0.5) is 4.79 Å². The number of hydrogen-bond acceptors (Lipinski definition) is 2. The highest BCUT2D eigenvalue weighted by atomic mass is 35.5. The lowest BCUT2D eigenvalue weighted by Gasteiger charge is -2.22. The Hall–Kier alpha value is -0.970. The van der Waals surface area contributed by atoms with Crippen LogP contribution in [-0.4, -0.2) is 35.7 Å². The molecule has 0 aliphatic carbocycles. The van der Waals surface area contributed by atoms with Gasteiger partial charge in [-0.05, 0) is 25.0 Å². The number of rotatable bonds is 3. The fourth-order valence-corrected chi connectivity index (χ4v) is 2.85. The number of carbonyl (C=O) groups is 1.